The van der Waals surface area contributed by atoms with E-state index < -0.39 is 5.92 Å². The fourth-order valence-electron chi connectivity index (χ4n) is 1.84. The summed E-state index contributed by atoms with van der Waals surface area (Å²) in [6.45, 7) is 4.61. The smallest absolute Gasteiger partial charge is 0.271 e. The van der Waals surface area contributed by atoms with E-state index in [1.807, 2.05) is 0 Å². The standard InChI is InChI=1S/C14H12BrF2NO/c1-3-6-19-13-12-9(4-5-18-13)7-10(15)8-11(12)14(2,16)17/h3-5,7-8H,1,6H2,2H3. The zero-order chi connectivity index (χ0) is 14.0. The number of rotatable bonds is 4. The second-order valence-corrected chi connectivity index (χ2v) is 5.07. The molecule has 0 spiro atoms. The van der Waals surface area contributed by atoms with E-state index in [9.17, 15) is 8.78 Å². The SMILES string of the molecule is C=CCOc1nccc2cc(Br)cc(C(C)(F)F)c12. The van der Waals surface area contributed by atoms with E-state index in [4.69, 9.17) is 4.74 Å². The van der Waals surface area contributed by atoms with Crippen molar-refractivity contribution in [2.45, 2.75) is 12.8 Å². The van der Waals surface area contributed by atoms with E-state index in [0.29, 0.717) is 15.2 Å². The molecule has 0 fully saturated rings. The van der Waals surface area contributed by atoms with Crippen molar-refractivity contribution in [1.29, 1.82) is 0 Å². The maximum Gasteiger partial charge on any atom is 0.271 e. The number of benzene rings is 1. The fourth-order valence-corrected chi connectivity index (χ4v) is 2.32. The Morgan fingerprint density at radius 2 is 2.21 bits per heavy atom. The van der Waals surface area contributed by atoms with E-state index in [1.54, 1.807) is 18.2 Å². The van der Waals surface area contributed by atoms with Crippen LogP contribution in [0, 0.1) is 0 Å². The Labute approximate surface area is 118 Å². The third-order valence-electron chi connectivity index (χ3n) is 2.60. The number of ether oxygens (including phenoxy) is 1. The van der Waals surface area contributed by atoms with Crippen LogP contribution in [0.15, 0.2) is 41.5 Å². The topological polar surface area (TPSA) is 22.1 Å². The molecule has 5 heteroatoms. The number of alkyl halides is 2. The second-order valence-electron chi connectivity index (χ2n) is 4.16. The zero-order valence-electron chi connectivity index (χ0n) is 10.3. The summed E-state index contributed by atoms with van der Waals surface area (Å²) in [6.07, 6.45) is 3.08. The molecule has 0 aliphatic carbocycles. The van der Waals surface area contributed by atoms with Crippen molar-refractivity contribution >= 4 is 26.7 Å². The van der Waals surface area contributed by atoms with Gasteiger partial charge in [0.1, 0.15) is 6.61 Å². The number of pyridine rings is 1. The maximum absolute atomic E-state index is 13.7. The van der Waals surface area contributed by atoms with Crippen LogP contribution in [-0.2, 0) is 5.92 Å². The van der Waals surface area contributed by atoms with E-state index >= 15 is 0 Å². The Bertz CT molecular complexity index is 623. The molecule has 1 heterocycles. The molecule has 1 aromatic heterocycles. The minimum atomic E-state index is -2.97. The highest BCUT2D eigenvalue weighted by Gasteiger charge is 2.29. The van der Waals surface area contributed by atoms with Gasteiger partial charge in [0, 0.05) is 23.2 Å². The van der Waals surface area contributed by atoms with Gasteiger partial charge in [0.25, 0.3) is 5.92 Å². The van der Waals surface area contributed by atoms with Gasteiger partial charge in [-0.15, -0.1) is 0 Å². The molecule has 0 saturated heterocycles. The lowest BCUT2D eigenvalue weighted by Crippen LogP contribution is -2.09. The third kappa shape index (κ3) is 2.92. The molecule has 19 heavy (non-hydrogen) atoms. The largest absolute Gasteiger partial charge is 0.473 e. The molecule has 0 aliphatic heterocycles. The van der Waals surface area contributed by atoms with Gasteiger partial charge >= 0.3 is 0 Å². The van der Waals surface area contributed by atoms with Gasteiger partial charge in [-0.3, -0.25) is 0 Å². The molecule has 1 aromatic carbocycles. The molecule has 2 nitrogen and oxygen atoms in total. The van der Waals surface area contributed by atoms with Gasteiger partial charge in [-0.2, -0.15) is 0 Å². The molecule has 0 atom stereocenters. The first-order chi connectivity index (χ1) is 8.93. The van der Waals surface area contributed by atoms with Gasteiger partial charge in [-0.1, -0.05) is 28.6 Å². The predicted octanol–water partition coefficient (Wildman–Crippen LogP) is 4.67. The number of fused-ring (bicyclic) bond motifs is 1. The Morgan fingerprint density at radius 1 is 1.47 bits per heavy atom. The summed E-state index contributed by atoms with van der Waals surface area (Å²) >= 11 is 3.24. The van der Waals surface area contributed by atoms with E-state index in [-0.39, 0.29) is 18.1 Å². The van der Waals surface area contributed by atoms with Crippen molar-refractivity contribution in [2.75, 3.05) is 6.61 Å². The number of nitrogens with zero attached hydrogens (tertiary/aromatic N) is 1. The summed E-state index contributed by atoms with van der Waals surface area (Å²) < 4.78 is 33.4. The third-order valence-corrected chi connectivity index (χ3v) is 3.06. The molecule has 0 unspecified atom stereocenters. The summed E-state index contributed by atoms with van der Waals surface area (Å²) in [5.74, 6) is -2.78. The molecule has 0 radical (unpaired) electrons. The summed E-state index contributed by atoms with van der Waals surface area (Å²) in [4.78, 5) is 4.03. The predicted molar refractivity (Wildman–Crippen MR) is 74.7 cm³/mol. The van der Waals surface area contributed by atoms with Crippen molar-refractivity contribution < 1.29 is 13.5 Å². The molecule has 0 aliphatic rings. The van der Waals surface area contributed by atoms with Crippen LogP contribution >= 0.6 is 15.9 Å². The highest BCUT2D eigenvalue weighted by molar-refractivity contribution is 9.10. The first-order valence-electron chi connectivity index (χ1n) is 5.63. The minimum absolute atomic E-state index is 0.107. The summed E-state index contributed by atoms with van der Waals surface area (Å²) in [7, 11) is 0. The van der Waals surface area contributed by atoms with Gasteiger partial charge in [0.2, 0.25) is 5.88 Å². The van der Waals surface area contributed by atoms with E-state index in [0.717, 1.165) is 6.92 Å². The van der Waals surface area contributed by atoms with Crippen LogP contribution in [0.5, 0.6) is 5.88 Å². The van der Waals surface area contributed by atoms with Crippen molar-refractivity contribution in [3.05, 3.63) is 47.1 Å². The van der Waals surface area contributed by atoms with Crippen molar-refractivity contribution in [1.82, 2.24) is 4.98 Å². The number of hydrogen-bond donors (Lipinski definition) is 0. The highest BCUT2D eigenvalue weighted by Crippen LogP contribution is 2.38. The van der Waals surface area contributed by atoms with Crippen molar-refractivity contribution in [3.63, 3.8) is 0 Å². The molecule has 0 amide bonds. The molecular weight excluding hydrogens is 316 g/mol. The fraction of sp³-hybridized carbons (Fsp3) is 0.214. The first-order valence-corrected chi connectivity index (χ1v) is 6.43. The highest BCUT2D eigenvalue weighted by atomic mass is 79.9. The van der Waals surface area contributed by atoms with Gasteiger partial charge < -0.3 is 4.74 Å². The Balaban J connectivity index is 2.74. The van der Waals surface area contributed by atoms with Crippen molar-refractivity contribution in [2.24, 2.45) is 0 Å². The number of hydrogen-bond acceptors (Lipinski definition) is 2. The maximum atomic E-state index is 13.7. The average Bonchev–Trinajstić information content (AvgIpc) is 2.33. The molecular formula is C14H12BrF2NO. The second kappa shape index (κ2) is 5.25. The van der Waals surface area contributed by atoms with Gasteiger partial charge in [0.05, 0.1) is 5.39 Å². The minimum Gasteiger partial charge on any atom is -0.473 e. The molecule has 2 aromatic rings. The van der Waals surface area contributed by atoms with Crippen LogP contribution in [0.4, 0.5) is 8.78 Å². The van der Waals surface area contributed by atoms with Crippen LogP contribution in [0.2, 0.25) is 0 Å². The molecule has 2 rings (SSSR count). The van der Waals surface area contributed by atoms with Crippen LogP contribution < -0.4 is 4.74 Å². The molecule has 100 valence electrons. The van der Waals surface area contributed by atoms with Crippen LogP contribution in [0.3, 0.4) is 0 Å². The number of aromatic nitrogens is 1. The first kappa shape index (κ1) is 13.9. The van der Waals surface area contributed by atoms with Crippen LogP contribution in [0.25, 0.3) is 10.8 Å². The molecule has 0 saturated carbocycles. The average molecular weight is 328 g/mol. The summed E-state index contributed by atoms with van der Waals surface area (Å²) in [6, 6.07) is 4.83. The normalized spacial score (nSPS) is 11.6. The van der Waals surface area contributed by atoms with E-state index in [2.05, 4.69) is 27.5 Å². The lowest BCUT2D eigenvalue weighted by molar-refractivity contribution is 0.0189. The lowest BCUT2D eigenvalue weighted by Gasteiger charge is -2.16. The lowest BCUT2D eigenvalue weighted by atomic mass is 10.0. The Morgan fingerprint density at radius 3 is 2.84 bits per heavy atom. The zero-order valence-corrected chi connectivity index (χ0v) is 11.9. The Kier molecular flexibility index (Phi) is 3.85. The quantitative estimate of drug-likeness (QED) is 0.761. The number of halogens is 3. The Hall–Kier alpha value is -1.49. The summed E-state index contributed by atoms with van der Waals surface area (Å²) in [5, 5.41) is 0.986. The van der Waals surface area contributed by atoms with Gasteiger partial charge in [-0.05, 0) is 23.6 Å². The molecule has 0 N–H and O–H groups in total. The molecule has 0 bridgehead atoms. The van der Waals surface area contributed by atoms with Gasteiger partial charge in [-0.25, -0.2) is 13.8 Å². The van der Waals surface area contributed by atoms with E-state index in [1.165, 1.54) is 12.3 Å². The monoisotopic (exact) mass is 327 g/mol. The summed E-state index contributed by atoms with van der Waals surface area (Å²) in [5.41, 5.74) is -0.107. The van der Waals surface area contributed by atoms with Crippen molar-refractivity contribution in [3.8, 4) is 5.88 Å². The van der Waals surface area contributed by atoms with Gasteiger partial charge in [0.15, 0.2) is 0 Å². The van der Waals surface area contributed by atoms with Crippen LogP contribution in [0.1, 0.15) is 12.5 Å². The van der Waals surface area contributed by atoms with Crippen LogP contribution in [-0.4, -0.2) is 11.6 Å².